The molecule has 2 rings (SSSR count). The van der Waals surface area contributed by atoms with Gasteiger partial charge in [0, 0.05) is 13.5 Å². The lowest BCUT2D eigenvalue weighted by Crippen LogP contribution is -2.45. The Bertz CT molecular complexity index is 476. The predicted octanol–water partition coefficient (Wildman–Crippen LogP) is 4.05. The summed E-state index contributed by atoms with van der Waals surface area (Å²) < 4.78 is 45.6. The molecule has 0 fully saturated rings. The number of rotatable bonds is 3. The molecule has 0 N–H and O–H groups in total. The van der Waals surface area contributed by atoms with E-state index in [4.69, 9.17) is 4.74 Å². The summed E-state index contributed by atoms with van der Waals surface area (Å²) >= 11 is 0. The zero-order valence-corrected chi connectivity index (χ0v) is 10.4. The van der Waals surface area contributed by atoms with E-state index in [1.807, 2.05) is 0 Å². The number of alkyl halides is 3. The molecule has 1 aliphatic rings. The number of benzene rings is 1. The SMILES string of the molecule is COC1(C(c2ccccc2)C(F)(F)F)[CH]C=CC=C1. The van der Waals surface area contributed by atoms with Crippen LogP contribution in [0.25, 0.3) is 0 Å². The number of halogens is 3. The molecule has 0 aromatic heterocycles. The molecule has 1 aromatic carbocycles. The van der Waals surface area contributed by atoms with Crippen LogP contribution in [0.3, 0.4) is 0 Å². The fourth-order valence-corrected chi connectivity index (χ4v) is 2.33. The lowest BCUT2D eigenvalue weighted by molar-refractivity contribution is -0.185. The lowest BCUT2D eigenvalue weighted by atomic mass is 9.77. The molecule has 0 saturated carbocycles. The van der Waals surface area contributed by atoms with E-state index >= 15 is 0 Å². The molecule has 0 bridgehead atoms. The van der Waals surface area contributed by atoms with Crippen molar-refractivity contribution in [3.8, 4) is 0 Å². The molecular formula is C15H14F3O. The van der Waals surface area contributed by atoms with Crippen LogP contribution in [-0.2, 0) is 4.74 Å². The van der Waals surface area contributed by atoms with E-state index in [9.17, 15) is 13.2 Å². The maximum Gasteiger partial charge on any atom is 0.398 e. The lowest BCUT2D eigenvalue weighted by Gasteiger charge is -2.38. The van der Waals surface area contributed by atoms with Gasteiger partial charge in [0.05, 0.1) is 0 Å². The van der Waals surface area contributed by atoms with Crippen molar-refractivity contribution in [2.24, 2.45) is 0 Å². The van der Waals surface area contributed by atoms with E-state index in [1.165, 1.54) is 31.7 Å². The number of allylic oxidation sites excluding steroid dienone is 2. The molecule has 19 heavy (non-hydrogen) atoms. The first-order chi connectivity index (χ1) is 8.99. The summed E-state index contributed by atoms with van der Waals surface area (Å²) in [5, 5.41) is 0. The van der Waals surface area contributed by atoms with Crippen molar-refractivity contribution in [2.45, 2.75) is 17.7 Å². The second-order valence-corrected chi connectivity index (χ2v) is 4.35. The molecule has 0 aliphatic heterocycles. The number of ether oxygens (including phenoxy) is 1. The minimum atomic E-state index is -4.40. The van der Waals surface area contributed by atoms with Crippen molar-refractivity contribution in [1.29, 1.82) is 0 Å². The van der Waals surface area contributed by atoms with Gasteiger partial charge in [-0.15, -0.1) is 0 Å². The average Bonchev–Trinajstić information content (AvgIpc) is 2.39. The largest absolute Gasteiger partial charge is 0.398 e. The first kappa shape index (κ1) is 13.9. The highest BCUT2D eigenvalue weighted by Gasteiger charge is 2.53. The Balaban J connectivity index is 2.49. The van der Waals surface area contributed by atoms with Crippen LogP contribution in [0, 0.1) is 6.42 Å². The van der Waals surface area contributed by atoms with E-state index in [-0.39, 0.29) is 5.56 Å². The zero-order valence-electron chi connectivity index (χ0n) is 10.4. The van der Waals surface area contributed by atoms with Crippen molar-refractivity contribution in [3.05, 3.63) is 66.6 Å². The van der Waals surface area contributed by atoms with Crippen LogP contribution in [0.5, 0.6) is 0 Å². The minimum Gasteiger partial charge on any atom is -0.373 e. The Morgan fingerprint density at radius 2 is 1.74 bits per heavy atom. The van der Waals surface area contributed by atoms with Crippen LogP contribution in [0.15, 0.2) is 54.6 Å². The van der Waals surface area contributed by atoms with E-state index in [0.717, 1.165) is 0 Å². The van der Waals surface area contributed by atoms with Gasteiger partial charge in [0.25, 0.3) is 0 Å². The highest BCUT2D eigenvalue weighted by molar-refractivity contribution is 5.37. The number of methoxy groups -OCH3 is 1. The molecule has 1 nitrogen and oxygen atoms in total. The Hall–Kier alpha value is -1.55. The van der Waals surface area contributed by atoms with E-state index in [0.29, 0.717) is 0 Å². The number of hydrogen-bond donors (Lipinski definition) is 0. The van der Waals surface area contributed by atoms with E-state index in [1.54, 1.807) is 36.4 Å². The Morgan fingerprint density at radius 3 is 2.21 bits per heavy atom. The highest BCUT2D eigenvalue weighted by atomic mass is 19.4. The fraction of sp³-hybridized carbons (Fsp3) is 0.267. The Morgan fingerprint density at radius 1 is 1.05 bits per heavy atom. The quantitative estimate of drug-likeness (QED) is 0.802. The van der Waals surface area contributed by atoms with Gasteiger partial charge in [-0.25, -0.2) is 0 Å². The van der Waals surface area contributed by atoms with Crippen LogP contribution in [-0.4, -0.2) is 18.9 Å². The van der Waals surface area contributed by atoms with Gasteiger partial charge < -0.3 is 4.74 Å². The summed E-state index contributed by atoms with van der Waals surface area (Å²) in [7, 11) is 1.29. The topological polar surface area (TPSA) is 9.23 Å². The van der Waals surface area contributed by atoms with Gasteiger partial charge in [0.1, 0.15) is 11.5 Å². The molecule has 0 saturated heterocycles. The van der Waals surface area contributed by atoms with Crippen LogP contribution >= 0.6 is 0 Å². The molecule has 0 spiro atoms. The normalized spacial score (nSPS) is 24.4. The summed E-state index contributed by atoms with van der Waals surface area (Å²) in [5.41, 5.74) is -1.30. The van der Waals surface area contributed by atoms with Gasteiger partial charge in [-0.1, -0.05) is 54.6 Å². The van der Waals surface area contributed by atoms with Gasteiger partial charge in [0.15, 0.2) is 0 Å². The third-order valence-corrected chi connectivity index (χ3v) is 3.20. The molecule has 4 heteroatoms. The van der Waals surface area contributed by atoms with Crippen LogP contribution in [0.1, 0.15) is 11.5 Å². The summed E-state index contributed by atoms with van der Waals surface area (Å²) in [5.74, 6) is -1.73. The van der Waals surface area contributed by atoms with Crippen molar-refractivity contribution in [3.63, 3.8) is 0 Å². The van der Waals surface area contributed by atoms with E-state index in [2.05, 4.69) is 0 Å². The second-order valence-electron chi connectivity index (χ2n) is 4.35. The van der Waals surface area contributed by atoms with Crippen molar-refractivity contribution >= 4 is 0 Å². The van der Waals surface area contributed by atoms with Gasteiger partial charge in [-0.05, 0) is 5.56 Å². The predicted molar refractivity (Wildman–Crippen MR) is 67.6 cm³/mol. The molecule has 2 unspecified atom stereocenters. The molecule has 2 atom stereocenters. The zero-order chi connectivity index (χ0) is 13.9. The number of hydrogen-bond acceptors (Lipinski definition) is 1. The standard InChI is InChI=1S/C15H14F3O/c1-19-14(10-6-3-7-11-14)13(15(16,17)18)12-8-4-2-5-9-12/h2-11,13H,1H3. The van der Waals surface area contributed by atoms with Crippen molar-refractivity contribution in [1.82, 2.24) is 0 Å². The Kier molecular flexibility index (Phi) is 3.80. The first-order valence-corrected chi connectivity index (χ1v) is 5.87. The van der Waals surface area contributed by atoms with Crippen LogP contribution in [0.2, 0.25) is 0 Å². The fourth-order valence-electron chi connectivity index (χ4n) is 2.33. The third-order valence-electron chi connectivity index (χ3n) is 3.20. The second kappa shape index (κ2) is 5.21. The van der Waals surface area contributed by atoms with Crippen LogP contribution < -0.4 is 0 Å². The molecule has 0 amide bonds. The summed E-state index contributed by atoms with van der Waals surface area (Å²) in [4.78, 5) is 0. The van der Waals surface area contributed by atoms with Crippen molar-refractivity contribution < 1.29 is 17.9 Å². The molecule has 101 valence electrons. The maximum atomic E-state index is 13.5. The van der Waals surface area contributed by atoms with Crippen LogP contribution in [0.4, 0.5) is 13.2 Å². The first-order valence-electron chi connectivity index (χ1n) is 5.87. The van der Waals surface area contributed by atoms with Gasteiger partial charge >= 0.3 is 6.18 Å². The molecular weight excluding hydrogens is 253 g/mol. The van der Waals surface area contributed by atoms with E-state index < -0.39 is 17.7 Å². The van der Waals surface area contributed by atoms with Gasteiger partial charge in [-0.3, -0.25) is 0 Å². The summed E-state index contributed by atoms with van der Waals surface area (Å²) in [6.45, 7) is 0. The van der Waals surface area contributed by atoms with Crippen molar-refractivity contribution in [2.75, 3.05) is 7.11 Å². The molecule has 1 radical (unpaired) electrons. The van der Waals surface area contributed by atoms with Gasteiger partial charge in [0.2, 0.25) is 0 Å². The average molecular weight is 267 g/mol. The van der Waals surface area contributed by atoms with Gasteiger partial charge in [-0.2, -0.15) is 13.2 Å². The highest BCUT2D eigenvalue weighted by Crippen LogP contribution is 2.47. The molecule has 1 aromatic rings. The Labute approximate surface area is 110 Å². The maximum absolute atomic E-state index is 13.5. The molecule has 0 heterocycles. The monoisotopic (exact) mass is 267 g/mol. The summed E-state index contributed by atoms with van der Waals surface area (Å²) in [6.07, 6.45) is 3.31. The smallest absolute Gasteiger partial charge is 0.373 e. The molecule has 1 aliphatic carbocycles. The third kappa shape index (κ3) is 2.73. The summed E-state index contributed by atoms with van der Waals surface area (Å²) in [6, 6.07) is 7.83. The minimum absolute atomic E-state index is 0.188.